The summed E-state index contributed by atoms with van der Waals surface area (Å²) in [5.41, 5.74) is 5.63. The molecule has 1 unspecified atom stereocenters. The SMILES string of the molecule is O=C(Nc1ccc(NNC(=O)C(=O)NCC(O)CO)cc1)Oc1ccccc1. The van der Waals surface area contributed by atoms with E-state index in [4.69, 9.17) is 14.9 Å². The minimum atomic E-state index is -1.14. The van der Waals surface area contributed by atoms with E-state index in [9.17, 15) is 14.4 Å². The normalized spacial score (nSPS) is 11.1. The molecular weight excluding hydrogens is 368 g/mol. The fraction of sp³-hybridized carbons (Fsp3) is 0.167. The monoisotopic (exact) mass is 388 g/mol. The Bertz CT molecular complexity index is 797. The third-order valence-corrected chi connectivity index (χ3v) is 3.32. The second-order valence-electron chi connectivity index (χ2n) is 5.53. The van der Waals surface area contributed by atoms with Crippen LogP contribution in [0, 0.1) is 0 Å². The highest BCUT2D eigenvalue weighted by atomic mass is 16.6. The van der Waals surface area contributed by atoms with Gasteiger partial charge >= 0.3 is 17.9 Å². The summed E-state index contributed by atoms with van der Waals surface area (Å²) in [6, 6.07) is 14.8. The molecule has 0 aliphatic heterocycles. The van der Waals surface area contributed by atoms with Gasteiger partial charge in [0.15, 0.2) is 0 Å². The summed E-state index contributed by atoms with van der Waals surface area (Å²) in [7, 11) is 0. The molecule has 10 nitrogen and oxygen atoms in total. The Hall–Kier alpha value is -3.63. The summed E-state index contributed by atoms with van der Waals surface area (Å²) in [5.74, 6) is -1.54. The topological polar surface area (TPSA) is 149 Å². The number of aliphatic hydroxyl groups is 2. The number of hydrogen-bond donors (Lipinski definition) is 6. The number of benzene rings is 2. The lowest BCUT2D eigenvalue weighted by molar-refractivity contribution is -0.139. The molecule has 2 aromatic carbocycles. The van der Waals surface area contributed by atoms with Crippen LogP contribution in [0.4, 0.5) is 16.2 Å². The molecule has 148 valence electrons. The molecule has 0 saturated heterocycles. The van der Waals surface area contributed by atoms with Gasteiger partial charge in [-0.2, -0.15) is 0 Å². The van der Waals surface area contributed by atoms with E-state index >= 15 is 0 Å². The number of carbonyl (C=O) groups excluding carboxylic acids is 3. The highest BCUT2D eigenvalue weighted by Gasteiger charge is 2.14. The van der Waals surface area contributed by atoms with Crippen LogP contribution in [-0.2, 0) is 9.59 Å². The summed E-state index contributed by atoms with van der Waals surface area (Å²) in [6.45, 7) is -0.776. The maximum atomic E-state index is 11.8. The molecule has 0 fully saturated rings. The van der Waals surface area contributed by atoms with Gasteiger partial charge in [-0.3, -0.25) is 25.8 Å². The second-order valence-corrected chi connectivity index (χ2v) is 5.53. The van der Waals surface area contributed by atoms with Crippen LogP contribution in [0.15, 0.2) is 54.6 Å². The summed E-state index contributed by atoms with van der Waals surface area (Å²) < 4.78 is 5.10. The van der Waals surface area contributed by atoms with E-state index in [2.05, 4.69) is 21.5 Å². The van der Waals surface area contributed by atoms with Crippen molar-refractivity contribution in [1.29, 1.82) is 0 Å². The summed E-state index contributed by atoms with van der Waals surface area (Å²) in [6.07, 6.45) is -1.79. The lowest BCUT2D eigenvalue weighted by atomic mass is 10.3. The van der Waals surface area contributed by atoms with Crippen LogP contribution in [0.25, 0.3) is 0 Å². The van der Waals surface area contributed by atoms with Crippen LogP contribution < -0.4 is 26.2 Å². The van der Waals surface area contributed by atoms with Crippen LogP contribution in [0.1, 0.15) is 0 Å². The molecule has 1 atom stereocenters. The number of aliphatic hydroxyl groups excluding tert-OH is 2. The fourth-order valence-electron chi connectivity index (χ4n) is 1.92. The molecule has 0 aliphatic rings. The first kappa shape index (κ1) is 20.7. The molecule has 3 amide bonds. The number of hydrazine groups is 1. The van der Waals surface area contributed by atoms with Crippen molar-refractivity contribution in [3.05, 3.63) is 54.6 Å². The van der Waals surface area contributed by atoms with E-state index < -0.39 is 30.6 Å². The minimum Gasteiger partial charge on any atom is -0.410 e. The average molecular weight is 388 g/mol. The van der Waals surface area contributed by atoms with E-state index in [0.717, 1.165) is 0 Å². The molecule has 0 aliphatic carbocycles. The van der Waals surface area contributed by atoms with Crippen LogP contribution in [0.3, 0.4) is 0 Å². The van der Waals surface area contributed by atoms with Gasteiger partial charge < -0.3 is 20.3 Å². The van der Waals surface area contributed by atoms with Crippen molar-refractivity contribution in [1.82, 2.24) is 10.7 Å². The molecule has 10 heteroatoms. The number of anilines is 2. The van der Waals surface area contributed by atoms with Gasteiger partial charge in [-0.1, -0.05) is 18.2 Å². The van der Waals surface area contributed by atoms with E-state index in [1.54, 1.807) is 54.6 Å². The number of ether oxygens (including phenoxy) is 1. The van der Waals surface area contributed by atoms with Gasteiger partial charge in [-0.25, -0.2) is 4.79 Å². The van der Waals surface area contributed by atoms with Crippen molar-refractivity contribution in [3.8, 4) is 5.75 Å². The van der Waals surface area contributed by atoms with Crippen molar-refractivity contribution < 1.29 is 29.3 Å². The first-order chi connectivity index (χ1) is 13.5. The Morgan fingerprint density at radius 3 is 2.21 bits per heavy atom. The Labute approximate surface area is 160 Å². The van der Waals surface area contributed by atoms with Crippen LogP contribution in [0.2, 0.25) is 0 Å². The van der Waals surface area contributed by atoms with Crippen molar-refractivity contribution in [3.63, 3.8) is 0 Å². The summed E-state index contributed by atoms with van der Waals surface area (Å²) in [4.78, 5) is 34.9. The van der Waals surface area contributed by atoms with E-state index in [1.807, 2.05) is 0 Å². The van der Waals surface area contributed by atoms with Gasteiger partial charge in [0.1, 0.15) is 5.75 Å². The van der Waals surface area contributed by atoms with Crippen LogP contribution in [0.5, 0.6) is 5.75 Å². The maximum absolute atomic E-state index is 11.8. The van der Waals surface area contributed by atoms with Crippen molar-refractivity contribution >= 4 is 29.3 Å². The number of amides is 3. The van der Waals surface area contributed by atoms with E-state index in [1.165, 1.54) is 0 Å². The predicted molar refractivity (Wildman–Crippen MR) is 100 cm³/mol. The molecule has 0 heterocycles. The Morgan fingerprint density at radius 1 is 0.929 bits per heavy atom. The molecular formula is C18H20N4O6. The van der Waals surface area contributed by atoms with Gasteiger partial charge in [-0.15, -0.1) is 0 Å². The fourth-order valence-corrected chi connectivity index (χ4v) is 1.92. The maximum Gasteiger partial charge on any atom is 0.417 e. The van der Waals surface area contributed by atoms with Gasteiger partial charge in [-0.05, 0) is 36.4 Å². The molecule has 28 heavy (non-hydrogen) atoms. The summed E-state index contributed by atoms with van der Waals surface area (Å²) in [5, 5.41) is 22.5. The largest absolute Gasteiger partial charge is 0.417 e. The van der Waals surface area contributed by atoms with Crippen molar-refractivity contribution in [2.75, 3.05) is 23.9 Å². The van der Waals surface area contributed by atoms with E-state index in [-0.39, 0.29) is 6.54 Å². The molecule has 2 aromatic rings. The number of para-hydroxylation sites is 1. The third kappa shape index (κ3) is 6.94. The van der Waals surface area contributed by atoms with E-state index in [0.29, 0.717) is 17.1 Å². The van der Waals surface area contributed by atoms with Gasteiger partial charge in [0.25, 0.3) is 0 Å². The zero-order chi connectivity index (χ0) is 20.4. The predicted octanol–water partition coefficient (Wildman–Crippen LogP) is 0.210. The molecule has 0 radical (unpaired) electrons. The molecule has 0 aromatic heterocycles. The first-order valence-electron chi connectivity index (χ1n) is 8.25. The van der Waals surface area contributed by atoms with Crippen LogP contribution in [-0.4, -0.2) is 47.4 Å². The van der Waals surface area contributed by atoms with Crippen LogP contribution >= 0.6 is 0 Å². The van der Waals surface area contributed by atoms with Gasteiger partial charge in [0.05, 0.1) is 18.4 Å². The number of carbonyl (C=O) groups is 3. The number of hydrogen-bond acceptors (Lipinski definition) is 7. The number of rotatable bonds is 7. The summed E-state index contributed by atoms with van der Waals surface area (Å²) >= 11 is 0. The molecule has 0 bridgehead atoms. The highest BCUT2D eigenvalue weighted by Crippen LogP contribution is 2.14. The Balaban J connectivity index is 1.76. The van der Waals surface area contributed by atoms with Gasteiger partial charge in [0, 0.05) is 12.2 Å². The second kappa shape index (κ2) is 10.5. The van der Waals surface area contributed by atoms with Crippen molar-refractivity contribution in [2.45, 2.75) is 6.10 Å². The third-order valence-electron chi connectivity index (χ3n) is 3.32. The Kier molecular flexibility index (Phi) is 7.76. The molecule has 2 rings (SSSR count). The molecule has 0 saturated carbocycles. The zero-order valence-corrected chi connectivity index (χ0v) is 14.7. The minimum absolute atomic E-state index is 0.248. The van der Waals surface area contributed by atoms with Gasteiger partial charge in [0.2, 0.25) is 0 Å². The highest BCUT2D eigenvalue weighted by molar-refractivity contribution is 6.35. The number of nitrogens with one attached hydrogen (secondary N) is 4. The quantitative estimate of drug-likeness (QED) is 0.293. The molecule has 6 N–H and O–H groups in total. The zero-order valence-electron chi connectivity index (χ0n) is 14.7. The molecule has 0 spiro atoms. The lowest BCUT2D eigenvalue weighted by Gasteiger charge is -2.11. The Morgan fingerprint density at radius 2 is 1.57 bits per heavy atom. The lowest BCUT2D eigenvalue weighted by Crippen LogP contribution is -2.45. The van der Waals surface area contributed by atoms with Crippen molar-refractivity contribution in [2.24, 2.45) is 0 Å². The average Bonchev–Trinajstić information content (AvgIpc) is 2.71. The first-order valence-corrected chi connectivity index (χ1v) is 8.25. The smallest absolute Gasteiger partial charge is 0.410 e. The standard InChI is InChI=1S/C18H20N4O6/c23-11-14(24)10-19-16(25)17(26)22-21-13-8-6-12(7-9-13)20-18(27)28-15-4-2-1-3-5-15/h1-9,14,21,23-24H,10-11H2,(H,19,25)(H,20,27)(H,22,26).